The second kappa shape index (κ2) is 6.00. The maximum Gasteiger partial charge on any atom is 0.228 e. The minimum absolute atomic E-state index is 0.0514. The summed E-state index contributed by atoms with van der Waals surface area (Å²) in [5.74, 6) is 0.723. The van der Waals surface area contributed by atoms with E-state index in [1.165, 1.54) is 0 Å². The lowest BCUT2D eigenvalue weighted by Gasteiger charge is -2.15. The van der Waals surface area contributed by atoms with Crippen molar-refractivity contribution in [2.75, 3.05) is 17.7 Å². The fourth-order valence-corrected chi connectivity index (χ4v) is 1.78. The van der Waals surface area contributed by atoms with Gasteiger partial charge in [0.25, 0.3) is 0 Å². The van der Waals surface area contributed by atoms with E-state index in [2.05, 4.69) is 4.98 Å². The zero-order chi connectivity index (χ0) is 13.7. The maximum atomic E-state index is 12.0. The van der Waals surface area contributed by atoms with Crippen molar-refractivity contribution in [1.82, 2.24) is 4.98 Å². The normalized spacial score (nSPS) is 10.2. The summed E-state index contributed by atoms with van der Waals surface area (Å²) < 4.78 is 0. The number of hydrogen-bond donors (Lipinski definition) is 1. The molecule has 0 fully saturated rings. The Bertz CT molecular complexity index is 537. The zero-order valence-corrected chi connectivity index (χ0v) is 10.9. The van der Waals surface area contributed by atoms with Crippen LogP contribution in [0.3, 0.4) is 0 Å². The topological polar surface area (TPSA) is 59.2 Å². The second-order valence-corrected chi connectivity index (χ2v) is 4.38. The molecule has 4 nitrogen and oxygen atoms in total. The second-order valence-electron chi connectivity index (χ2n) is 4.38. The van der Waals surface area contributed by atoms with E-state index in [1.54, 1.807) is 18.1 Å². The van der Waals surface area contributed by atoms with Gasteiger partial charge in [0.1, 0.15) is 5.82 Å². The number of anilines is 2. The largest absolute Gasteiger partial charge is 0.399 e. The number of aryl methyl sites for hydroxylation is 1. The van der Waals surface area contributed by atoms with Crippen molar-refractivity contribution in [2.24, 2.45) is 0 Å². The van der Waals surface area contributed by atoms with Gasteiger partial charge in [-0.1, -0.05) is 18.2 Å². The summed E-state index contributed by atoms with van der Waals surface area (Å²) in [6.45, 7) is 0. The summed E-state index contributed by atoms with van der Waals surface area (Å²) in [4.78, 5) is 17.8. The van der Waals surface area contributed by atoms with Crippen LogP contribution in [0.25, 0.3) is 0 Å². The van der Waals surface area contributed by atoms with Crippen molar-refractivity contribution in [2.45, 2.75) is 12.8 Å². The smallest absolute Gasteiger partial charge is 0.228 e. The molecule has 0 aliphatic rings. The van der Waals surface area contributed by atoms with Gasteiger partial charge in [0, 0.05) is 25.4 Å². The van der Waals surface area contributed by atoms with Crippen molar-refractivity contribution in [1.29, 1.82) is 0 Å². The number of aromatic nitrogens is 1. The van der Waals surface area contributed by atoms with E-state index < -0.39 is 0 Å². The average Bonchev–Trinajstić information content (AvgIpc) is 2.46. The summed E-state index contributed by atoms with van der Waals surface area (Å²) in [6.07, 6.45) is 2.84. The number of pyridine rings is 1. The van der Waals surface area contributed by atoms with Crippen LogP contribution in [0.1, 0.15) is 12.0 Å². The van der Waals surface area contributed by atoms with Crippen LogP contribution in [0.2, 0.25) is 0 Å². The number of rotatable bonds is 4. The summed E-state index contributed by atoms with van der Waals surface area (Å²) in [6, 6.07) is 13.1. The third kappa shape index (κ3) is 3.55. The number of carbonyl (C=O) groups excluding carboxylic acids is 1. The van der Waals surface area contributed by atoms with Gasteiger partial charge < -0.3 is 5.73 Å². The minimum Gasteiger partial charge on any atom is -0.399 e. The zero-order valence-electron chi connectivity index (χ0n) is 10.9. The van der Waals surface area contributed by atoms with Gasteiger partial charge in [-0.05, 0) is 36.2 Å². The number of hydrogen-bond acceptors (Lipinski definition) is 3. The lowest BCUT2D eigenvalue weighted by molar-refractivity contribution is -0.118. The van der Waals surface area contributed by atoms with Crippen LogP contribution < -0.4 is 10.6 Å². The van der Waals surface area contributed by atoms with Gasteiger partial charge >= 0.3 is 0 Å². The Labute approximate surface area is 112 Å². The Morgan fingerprint density at radius 2 is 1.95 bits per heavy atom. The van der Waals surface area contributed by atoms with Gasteiger partial charge in [-0.2, -0.15) is 0 Å². The van der Waals surface area contributed by atoms with E-state index in [0.29, 0.717) is 18.7 Å². The van der Waals surface area contributed by atoms with Gasteiger partial charge in [-0.25, -0.2) is 4.98 Å². The van der Waals surface area contributed by atoms with Crippen LogP contribution in [-0.4, -0.2) is 17.9 Å². The maximum absolute atomic E-state index is 12.0. The molecule has 0 saturated heterocycles. The fraction of sp³-hybridized carbons (Fsp3) is 0.200. The van der Waals surface area contributed by atoms with Gasteiger partial charge in [-0.15, -0.1) is 0 Å². The molecule has 2 rings (SSSR count). The molecule has 98 valence electrons. The highest BCUT2D eigenvalue weighted by Gasteiger charge is 2.11. The van der Waals surface area contributed by atoms with Crippen molar-refractivity contribution < 1.29 is 4.79 Å². The van der Waals surface area contributed by atoms with E-state index in [4.69, 9.17) is 5.73 Å². The monoisotopic (exact) mass is 255 g/mol. The van der Waals surface area contributed by atoms with Crippen LogP contribution in [-0.2, 0) is 11.2 Å². The molecular weight excluding hydrogens is 238 g/mol. The Morgan fingerprint density at radius 3 is 2.58 bits per heavy atom. The SMILES string of the molecule is CN(C(=O)CCc1ccc(N)cc1)c1ccccn1. The molecule has 4 heteroatoms. The number of nitrogen functional groups attached to an aromatic ring is 1. The molecule has 2 N–H and O–H groups in total. The number of carbonyl (C=O) groups is 1. The van der Waals surface area contributed by atoms with Gasteiger partial charge in [0.2, 0.25) is 5.91 Å². The highest BCUT2D eigenvalue weighted by molar-refractivity contribution is 5.91. The van der Waals surface area contributed by atoms with E-state index in [1.807, 2.05) is 42.5 Å². The first-order valence-electron chi connectivity index (χ1n) is 6.19. The van der Waals surface area contributed by atoms with Crippen molar-refractivity contribution in [3.8, 4) is 0 Å². The molecule has 1 aromatic heterocycles. The number of nitrogens with zero attached hydrogens (tertiary/aromatic N) is 2. The molecule has 0 bridgehead atoms. The highest BCUT2D eigenvalue weighted by atomic mass is 16.2. The Kier molecular flexibility index (Phi) is 4.13. The van der Waals surface area contributed by atoms with Crippen LogP contribution in [0.5, 0.6) is 0 Å². The van der Waals surface area contributed by atoms with Gasteiger partial charge in [0.15, 0.2) is 0 Å². The van der Waals surface area contributed by atoms with Gasteiger partial charge in [0.05, 0.1) is 0 Å². The molecule has 0 spiro atoms. The van der Waals surface area contributed by atoms with Crippen molar-refractivity contribution >= 4 is 17.4 Å². The number of nitrogens with two attached hydrogens (primary N) is 1. The predicted molar refractivity (Wildman–Crippen MR) is 76.8 cm³/mol. The summed E-state index contributed by atoms with van der Waals surface area (Å²) in [5.41, 5.74) is 7.47. The molecule has 1 aromatic carbocycles. The van der Waals surface area contributed by atoms with E-state index >= 15 is 0 Å². The standard InChI is InChI=1S/C15H17N3O/c1-18(14-4-2-3-11-17-14)15(19)10-7-12-5-8-13(16)9-6-12/h2-6,8-9,11H,7,10,16H2,1H3. The van der Waals surface area contributed by atoms with Crippen molar-refractivity contribution in [3.05, 3.63) is 54.2 Å². The third-order valence-electron chi connectivity index (χ3n) is 2.97. The quantitative estimate of drug-likeness (QED) is 0.852. The minimum atomic E-state index is 0.0514. The molecular formula is C15H17N3O. The number of amides is 1. The fourth-order valence-electron chi connectivity index (χ4n) is 1.78. The third-order valence-corrected chi connectivity index (χ3v) is 2.97. The average molecular weight is 255 g/mol. The van der Waals surface area contributed by atoms with E-state index in [-0.39, 0.29) is 5.91 Å². The molecule has 0 unspecified atom stereocenters. The Hall–Kier alpha value is -2.36. The van der Waals surface area contributed by atoms with E-state index in [9.17, 15) is 4.79 Å². The predicted octanol–water partition coefficient (Wildman–Crippen LogP) is 2.26. The lowest BCUT2D eigenvalue weighted by atomic mass is 10.1. The first kappa shape index (κ1) is 13.1. The molecule has 2 aromatic rings. The molecule has 0 radical (unpaired) electrons. The summed E-state index contributed by atoms with van der Waals surface area (Å²) in [7, 11) is 1.74. The molecule has 1 amide bonds. The van der Waals surface area contributed by atoms with E-state index in [0.717, 1.165) is 11.3 Å². The molecule has 19 heavy (non-hydrogen) atoms. The molecule has 0 aliphatic carbocycles. The first-order valence-corrected chi connectivity index (χ1v) is 6.19. The Morgan fingerprint density at radius 1 is 1.21 bits per heavy atom. The highest BCUT2D eigenvalue weighted by Crippen LogP contribution is 2.11. The van der Waals surface area contributed by atoms with Crippen molar-refractivity contribution in [3.63, 3.8) is 0 Å². The van der Waals surface area contributed by atoms with Crippen LogP contribution in [0.15, 0.2) is 48.7 Å². The Balaban J connectivity index is 1.93. The summed E-state index contributed by atoms with van der Waals surface area (Å²) >= 11 is 0. The lowest BCUT2D eigenvalue weighted by Crippen LogP contribution is -2.27. The molecule has 0 saturated carbocycles. The first-order chi connectivity index (χ1) is 9.16. The molecule has 0 aliphatic heterocycles. The molecule has 0 atom stereocenters. The van der Waals surface area contributed by atoms with Crippen LogP contribution in [0, 0.1) is 0 Å². The summed E-state index contributed by atoms with van der Waals surface area (Å²) in [5, 5.41) is 0. The molecule has 1 heterocycles. The van der Waals surface area contributed by atoms with Crippen LogP contribution >= 0.6 is 0 Å². The number of benzene rings is 1. The van der Waals surface area contributed by atoms with Crippen LogP contribution in [0.4, 0.5) is 11.5 Å². The van der Waals surface area contributed by atoms with Gasteiger partial charge in [-0.3, -0.25) is 9.69 Å².